The molecule has 2 N–H and O–H groups in total. The average molecular weight is 263 g/mol. The fraction of sp³-hybridized carbons (Fsp3) is 0.462. The van der Waals surface area contributed by atoms with Gasteiger partial charge in [0.05, 0.1) is 4.92 Å². The molecular formula is C13H17N3O3. The molecule has 102 valence electrons. The molecule has 1 fully saturated rings. The van der Waals surface area contributed by atoms with Gasteiger partial charge in [-0.1, -0.05) is 12.1 Å². The third kappa shape index (κ3) is 3.21. The van der Waals surface area contributed by atoms with Gasteiger partial charge in [0.15, 0.2) is 0 Å². The SMILES string of the molecule is Cc1cccc(NC(C)C(=O)NC2CC2)c1[N+](=O)[O-]. The van der Waals surface area contributed by atoms with Crippen LogP contribution in [0.3, 0.4) is 0 Å². The van der Waals surface area contributed by atoms with Crippen molar-refractivity contribution in [2.45, 2.75) is 38.8 Å². The maximum atomic E-state index is 11.8. The topological polar surface area (TPSA) is 84.3 Å². The predicted molar refractivity (Wildman–Crippen MR) is 72.1 cm³/mol. The average Bonchev–Trinajstić information content (AvgIpc) is 3.12. The van der Waals surface area contributed by atoms with Crippen LogP contribution in [-0.2, 0) is 4.79 Å². The number of carbonyl (C=O) groups is 1. The van der Waals surface area contributed by atoms with E-state index < -0.39 is 11.0 Å². The smallest absolute Gasteiger partial charge is 0.295 e. The summed E-state index contributed by atoms with van der Waals surface area (Å²) in [7, 11) is 0. The highest BCUT2D eigenvalue weighted by Gasteiger charge is 2.26. The molecule has 1 aliphatic rings. The lowest BCUT2D eigenvalue weighted by atomic mass is 10.1. The highest BCUT2D eigenvalue weighted by molar-refractivity contribution is 5.85. The second kappa shape index (κ2) is 5.26. The molecule has 0 saturated heterocycles. The minimum atomic E-state index is -0.499. The van der Waals surface area contributed by atoms with E-state index in [9.17, 15) is 14.9 Å². The van der Waals surface area contributed by atoms with Gasteiger partial charge >= 0.3 is 0 Å². The summed E-state index contributed by atoms with van der Waals surface area (Å²) in [6, 6.07) is 4.81. The molecule has 1 amide bonds. The van der Waals surface area contributed by atoms with E-state index in [1.54, 1.807) is 32.0 Å². The zero-order chi connectivity index (χ0) is 14.0. The molecule has 1 aliphatic carbocycles. The van der Waals surface area contributed by atoms with Crippen LogP contribution in [0.2, 0.25) is 0 Å². The van der Waals surface area contributed by atoms with Crippen LogP contribution in [0, 0.1) is 17.0 Å². The highest BCUT2D eigenvalue weighted by Crippen LogP contribution is 2.28. The monoisotopic (exact) mass is 263 g/mol. The normalized spacial score (nSPS) is 15.7. The van der Waals surface area contributed by atoms with Crippen molar-refractivity contribution in [1.29, 1.82) is 0 Å². The van der Waals surface area contributed by atoms with Crippen LogP contribution < -0.4 is 10.6 Å². The van der Waals surface area contributed by atoms with E-state index in [1.165, 1.54) is 0 Å². The molecule has 2 rings (SSSR count). The molecule has 1 atom stereocenters. The summed E-state index contributed by atoms with van der Waals surface area (Å²) < 4.78 is 0. The first-order valence-corrected chi connectivity index (χ1v) is 6.30. The molecule has 0 heterocycles. The van der Waals surface area contributed by atoms with Crippen molar-refractivity contribution in [3.8, 4) is 0 Å². The summed E-state index contributed by atoms with van der Waals surface area (Å²) in [4.78, 5) is 22.4. The first-order chi connectivity index (χ1) is 8.99. The molecule has 6 nitrogen and oxygen atoms in total. The van der Waals surface area contributed by atoms with E-state index in [1.807, 2.05) is 0 Å². The van der Waals surface area contributed by atoms with Crippen LogP contribution in [0.5, 0.6) is 0 Å². The molecule has 1 unspecified atom stereocenters. The van der Waals surface area contributed by atoms with Gasteiger partial charge in [-0.15, -0.1) is 0 Å². The summed E-state index contributed by atoms with van der Waals surface area (Å²) in [5.74, 6) is -0.127. The maximum absolute atomic E-state index is 11.8. The van der Waals surface area contributed by atoms with Crippen LogP contribution in [0.1, 0.15) is 25.3 Å². The number of nitro groups is 1. The Morgan fingerprint density at radius 3 is 2.74 bits per heavy atom. The minimum absolute atomic E-state index is 0.0218. The van der Waals surface area contributed by atoms with E-state index in [-0.39, 0.29) is 17.6 Å². The lowest BCUT2D eigenvalue weighted by Crippen LogP contribution is -2.38. The zero-order valence-corrected chi connectivity index (χ0v) is 11.0. The lowest BCUT2D eigenvalue weighted by Gasteiger charge is -2.15. The van der Waals surface area contributed by atoms with E-state index in [0.717, 1.165) is 12.8 Å². The van der Waals surface area contributed by atoms with Gasteiger partial charge in [-0.3, -0.25) is 14.9 Å². The molecule has 0 aliphatic heterocycles. The predicted octanol–water partition coefficient (Wildman–Crippen LogP) is 1.98. The number of carbonyl (C=O) groups excluding carboxylic acids is 1. The van der Waals surface area contributed by atoms with Crippen molar-refractivity contribution in [2.75, 3.05) is 5.32 Å². The van der Waals surface area contributed by atoms with Crippen molar-refractivity contribution in [1.82, 2.24) is 5.32 Å². The quantitative estimate of drug-likeness (QED) is 0.628. The molecule has 1 aromatic carbocycles. The second-order valence-electron chi connectivity index (χ2n) is 4.88. The molecular weight excluding hydrogens is 246 g/mol. The Labute approximate surface area is 111 Å². The molecule has 1 saturated carbocycles. The standard InChI is InChI=1S/C13H17N3O3/c1-8-4-3-5-11(12(8)16(18)19)14-9(2)13(17)15-10-6-7-10/h3-5,9-10,14H,6-7H2,1-2H3,(H,15,17). The van der Waals surface area contributed by atoms with Crippen LogP contribution in [0.25, 0.3) is 0 Å². The van der Waals surface area contributed by atoms with E-state index in [2.05, 4.69) is 10.6 Å². The van der Waals surface area contributed by atoms with Gasteiger partial charge in [-0.25, -0.2) is 0 Å². The first kappa shape index (κ1) is 13.3. The Morgan fingerprint density at radius 1 is 1.47 bits per heavy atom. The van der Waals surface area contributed by atoms with Crippen molar-refractivity contribution >= 4 is 17.3 Å². The maximum Gasteiger partial charge on any atom is 0.295 e. The van der Waals surface area contributed by atoms with Gasteiger partial charge < -0.3 is 10.6 Å². The number of rotatable bonds is 5. The van der Waals surface area contributed by atoms with Crippen molar-refractivity contribution in [3.63, 3.8) is 0 Å². The fourth-order valence-electron chi connectivity index (χ4n) is 1.87. The number of nitrogens with zero attached hydrogens (tertiary/aromatic N) is 1. The lowest BCUT2D eigenvalue weighted by molar-refractivity contribution is -0.384. The summed E-state index contributed by atoms with van der Waals surface area (Å²) in [5, 5.41) is 16.8. The minimum Gasteiger partial charge on any atom is -0.368 e. The van der Waals surface area contributed by atoms with Gasteiger partial charge in [-0.05, 0) is 32.8 Å². The van der Waals surface area contributed by atoms with E-state index in [4.69, 9.17) is 0 Å². The highest BCUT2D eigenvalue weighted by atomic mass is 16.6. The Bertz CT molecular complexity index is 512. The Kier molecular flexibility index (Phi) is 3.69. The number of aryl methyl sites for hydroxylation is 1. The van der Waals surface area contributed by atoms with Gasteiger partial charge in [0.25, 0.3) is 5.69 Å². The first-order valence-electron chi connectivity index (χ1n) is 6.30. The van der Waals surface area contributed by atoms with Crippen molar-refractivity contribution in [3.05, 3.63) is 33.9 Å². The number of para-hydroxylation sites is 1. The number of hydrogen-bond donors (Lipinski definition) is 2. The molecule has 0 aromatic heterocycles. The largest absolute Gasteiger partial charge is 0.368 e. The summed E-state index contributed by atoms with van der Waals surface area (Å²) >= 11 is 0. The zero-order valence-electron chi connectivity index (χ0n) is 11.0. The summed E-state index contributed by atoms with van der Waals surface area (Å²) in [6.45, 7) is 3.38. The molecule has 0 radical (unpaired) electrons. The van der Waals surface area contributed by atoms with Gasteiger partial charge in [0.1, 0.15) is 11.7 Å². The Morgan fingerprint density at radius 2 is 2.16 bits per heavy atom. The third-order valence-corrected chi connectivity index (χ3v) is 3.11. The number of benzene rings is 1. The molecule has 6 heteroatoms. The number of hydrogen-bond acceptors (Lipinski definition) is 4. The molecule has 1 aromatic rings. The van der Waals surface area contributed by atoms with Crippen molar-refractivity contribution < 1.29 is 9.72 Å². The molecule has 19 heavy (non-hydrogen) atoms. The van der Waals surface area contributed by atoms with Gasteiger partial charge in [-0.2, -0.15) is 0 Å². The Hall–Kier alpha value is -2.11. The van der Waals surface area contributed by atoms with E-state index in [0.29, 0.717) is 11.3 Å². The Balaban J connectivity index is 2.11. The molecule has 0 bridgehead atoms. The third-order valence-electron chi connectivity index (χ3n) is 3.11. The van der Waals surface area contributed by atoms with Gasteiger partial charge in [0, 0.05) is 11.6 Å². The van der Waals surface area contributed by atoms with E-state index >= 15 is 0 Å². The van der Waals surface area contributed by atoms with Crippen LogP contribution in [0.4, 0.5) is 11.4 Å². The molecule has 0 spiro atoms. The number of anilines is 1. The second-order valence-corrected chi connectivity index (χ2v) is 4.88. The summed E-state index contributed by atoms with van der Waals surface area (Å²) in [6.07, 6.45) is 2.03. The van der Waals surface area contributed by atoms with Crippen LogP contribution in [0.15, 0.2) is 18.2 Å². The van der Waals surface area contributed by atoms with Crippen molar-refractivity contribution in [2.24, 2.45) is 0 Å². The van der Waals surface area contributed by atoms with Gasteiger partial charge in [0.2, 0.25) is 5.91 Å². The number of amides is 1. The fourth-order valence-corrected chi connectivity index (χ4v) is 1.87. The number of nitrogens with one attached hydrogen (secondary N) is 2. The number of nitro benzene ring substituents is 1. The van der Waals surface area contributed by atoms with Crippen LogP contribution >= 0.6 is 0 Å². The summed E-state index contributed by atoms with van der Waals surface area (Å²) in [5.41, 5.74) is 0.974. The van der Waals surface area contributed by atoms with Crippen LogP contribution in [-0.4, -0.2) is 22.9 Å².